The van der Waals surface area contributed by atoms with Crippen molar-refractivity contribution >= 4 is 44.9 Å². The number of benzene rings is 1. The lowest BCUT2D eigenvalue weighted by Gasteiger charge is -2.11. The molecule has 98 valence electrons. The summed E-state index contributed by atoms with van der Waals surface area (Å²) in [7, 11) is 0. The predicted molar refractivity (Wildman–Crippen MR) is 80.5 cm³/mol. The number of nitrogens with zero attached hydrogens (tertiary/aromatic N) is 1. The van der Waals surface area contributed by atoms with Gasteiger partial charge in [0.25, 0.3) is 5.91 Å². The predicted octanol–water partition coefficient (Wildman–Crippen LogP) is 3.64. The summed E-state index contributed by atoms with van der Waals surface area (Å²) in [6, 6.07) is 7.02. The quantitative estimate of drug-likeness (QED) is 0.877. The molecule has 0 spiro atoms. The van der Waals surface area contributed by atoms with Crippen LogP contribution in [0.5, 0.6) is 0 Å². The van der Waals surface area contributed by atoms with E-state index in [9.17, 15) is 4.79 Å². The van der Waals surface area contributed by atoms with Crippen molar-refractivity contribution < 1.29 is 4.79 Å². The first-order valence-electron chi connectivity index (χ1n) is 5.46. The first-order chi connectivity index (χ1) is 8.99. The number of anilines is 2. The fraction of sp³-hybridized carbons (Fsp3) is 0.0769. The van der Waals surface area contributed by atoms with Crippen molar-refractivity contribution in [3.8, 4) is 0 Å². The van der Waals surface area contributed by atoms with Crippen LogP contribution in [0.1, 0.15) is 15.9 Å². The molecule has 0 aliphatic carbocycles. The smallest absolute Gasteiger partial charge is 0.259 e. The van der Waals surface area contributed by atoms with E-state index in [-0.39, 0.29) is 11.7 Å². The topological polar surface area (TPSA) is 68.0 Å². The van der Waals surface area contributed by atoms with Gasteiger partial charge in [0.2, 0.25) is 0 Å². The molecule has 1 amide bonds. The highest BCUT2D eigenvalue weighted by atomic mass is 79.9. The average Bonchev–Trinajstić information content (AvgIpc) is 2.37. The van der Waals surface area contributed by atoms with Crippen molar-refractivity contribution in [1.29, 1.82) is 0 Å². The molecule has 19 heavy (non-hydrogen) atoms. The molecule has 2 aromatic rings. The van der Waals surface area contributed by atoms with E-state index in [0.29, 0.717) is 20.7 Å². The first kappa shape index (κ1) is 13.8. The van der Waals surface area contributed by atoms with Gasteiger partial charge in [-0.25, -0.2) is 4.98 Å². The van der Waals surface area contributed by atoms with Gasteiger partial charge < -0.3 is 11.1 Å². The second-order valence-corrected chi connectivity index (χ2v) is 5.30. The Hall–Kier alpha value is -1.59. The molecule has 2 rings (SSSR count). The normalized spacial score (nSPS) is 10.3. The Balaban J connectivity index is 2.34. The Morgan fingerprint density at radius 2 is 2.21 bits per heavy atom. The molecule has 3 N–H and O–H groups in total. The minimum absolute atomic E-state index is 0.172. The van der Waals surface area contributed by atoms with Gasteiger partial charge in [0, 0.05) is 10.7 Å². The highest BCUT2D eigenvalue weighted by molar-refractivity contribution is 9.10. The van der Waals surface area contributed by atoms with Crippen LogP contribution in [0.3, 0.4) is 0 Å². The average molecular weight is 341 g/mol. The zero-order chi connectivity index (χ0) is 14.0. The van der Waals surface area contributed by atoms with Crippen LogP contribution in [-0.4, -0.2) is 10.9 Å². The maximum Gasteiger partial charge on any atom is 0.259 e. The van der Waals surface area contributed by atoms with Crippen LogP contribution < -0.4 is 11.1 Å². The van der Waals surface area contributed by atoms with Crippen molar-refractivity contribution in [2.75, 3.05) is 11.1 Å². The summed E-state index contributed by atoms with van der Waals surface area (Å²) in [6.07, 6.45) is 1.53. The minimum Gasteiger partial charge on any atom is -0.383 e. The number of nitrogens with one attached hydrogen (secondary N) is 1. The van der Waals surface area contributed by atoms with Gasteiger partial charge in [-0.2, -0.15) is 0 Å². The molecule has 1 heterocycles. The van der Waals surface area contributed by atoms with Crippen LogP contribution in [0, 0.1) is 6.92 Å². The summed E-state index contributed by atoms with van der Waals surface area (Å²) >= 11 is 9.32. The van der Waals surface area contributed by atoms with Crippen LogP contribution in [0.15, 0.2) is 34.9 Å². The van der Waals surface area contributed by atoms with Crippen LogP contribution in [0.25, 0.3) is 0 Å². The first-order valence-corrected chi connectivity index (χ1v) is 6.63. The molecule has 0 unspecified atom stereocenters. The molecule has 1 aromatic heterocycles. The van der Waals surface area contributed by atoms with E-state index in [2.05, 4.69) is 26.2 Å². The molecule has 6 heteroatoms. The summed E-state index contributed by atoms with van der Waals surface area (Å²) in [5, 5.41) is 3.23. The van der Waals surface area contributed by atoms with E-state index in [1.54, 1.807) is 12.1 Å². The number of carbonyl (C=O) groups is 1. The molecule has 0 saturated heterocycles. The number of rotatable bonds is 2. The molecule has 0 bridgehead atoms. The molecular weight excluding hydrogens is 330 g/mol. The number of amides is 1. The Labute approximate surface area is 124 Å². The highest BCUT2D eigenvalue weighted by Gasteiger charge is 2.14. The molecule has 0 fully saturated rings. The van der Waals surface area contributed by atoms with Crippen molar-refractivity contribution in [3.63, 3.8) is 0 Å². The Morgan fingerprint density at radius 1 is 1.47 bits per heavy atom. The van der Waals surface area contributed by atoms with Crippen molar-refractivity contribution in [3.05, 3.63) is 51.1 Å². The summed E-state index contributed by atoms with van der Waals surface area (Å²) in [5.41, 5.74) is 7.45. The van der Waals surface area contributed by atoms with Crippen LogP contribution in [-0.2, 0) is 0 Å². The Kier molecular flexibility index (Phi) is 4.07. The van der Waals surface area contributed by atoms with Crippen LogP contribution >= 0.6 is 27.5 Å². The second-order valence-electron chi connectivity index (χ2n) is 3.97. The number of aryl methyl sites for hydroxylation is 1. The number of aromatic nitrogens is 1. The van der Waals surface area contributed by atoms with Gasteiger partial charge in [-0.05, 0) is 40.5 Å². The maximum atomic E-state index is 12.2. The van der Waals surface area contributed by atoms with Gasteiger partial charge in [0.15, 0.2) is 0 Å². The van der Waals surface area contributed by atoms with Gasteiger partial charge in [-0.3, -0.25) is 4.79 Å². The lowest BCUT2D eigenvalue weighted by molar-refractivity contribution is 0.102. The van der Waals surface area contributed by atoms with E-state index < -0.39 is 0 Å². The molecular formula is C13H11BrClN3O. The standard InChI is InChI=1S/C13H11BrClN3O/c1-7-3-2-4-10(15)11(7)18-13(19)9-5-8(14)6-17-12(9)16/h2-6H,1H3,(H2,16,17)(H,18,19). The minimum atomic E-state index is -0.345. The van der Waals surface area contributed by atoms with E-state index >= 15 is 0 Å². The van der Waals surface area contributed by atoms with Crippen molar-refractivity contribution in [1.82, 2.24) is 4.98 Å². The summed E-state index contributed by atoms with van der Waals surface area (Å²) in [6.45, 7) is 1.87. The number of pyridine rings is 1. The summed E-state index contributed by atoms with van der Waals surface area (Å²) < 4.78 is 0.683. The van der Waals surface area contributed by atoms with E-state index in [1.165, 1.54) is 6.20 Å². The number of nitrogens with two attached hydrogens (primary N) is 1. The maximum absolute atomic E-state index is 12.2. The highest BCUT2D eigenvalue weighted by Crippen LogP contribution is 2.26. The largest absolute Gasteiger partial charge is 0.383 e. The molecule has 0 atom stereocenters. The fourth-order valence-electron chi connectivity index (χ4n) is 1.60. The molecule has 0 aliphatic heterocycles. The number of carbonyl (C=O) groups excluding carboxylic acids is 1. The zero-order valence-corrected chi connectivity index (χ0v) is 12.4. The Bertz CT molecular complexity index is 626. The number of para-hydroxylation sites is 1. The van der Waals surface area contributed by atoms with Crippen LogP contribution in [0.4, 0.5) is 11.5 Å². The van der Waals surface area contributed by atoms with E-state index in [1.807, 2.05) is 19.1 Å². The van der Waals surface area contributed by atoms with Gasteiger partial charge in [0.1, 0.15) is 5.82 Å². The van der Waals surface area contributed by atoms with Crippen molar-refractivity contribution in [2.45, 2.75) is 6.92 Å². The lowest BCUT2D eigenvalue weighted by atomic mass is 10.2. The monoisotopic (exact) mass is 339 g/mol. The van der Waals surface area contributed by atoms with Crippen LogP contribution in [0.2, 0.25) is 5.02 Å². The van der Waals surface area contributed by atoms with Crippen molar-refractivity contribution in [2.24, 2.45) is 0 Å². The number of hydrogen-bond donors (Lipinski definition) is 2. The van der Waals surface area contributed by atoms with Gasteiger partial charge >= 0.3 is 0 Å². The van der Waals surface area contributed by atoms with Gasteiger partial charge in [0.05, 0.1) is 16.3 Å². The SMILES string of the molecule is Cc1cccc(Cl)c1NC(=O)c1cc(Br)cnc1N. The molecule has 0 radical (unpaired) electrons. The molecule has 1 aromatic carbocycles. The lowest BCUT2D eigenvalue weighted by Crippen LogP contribution is -2.15. The molecule has 0 saturated carbocycles. The molecule has 0 aliphatic rings. The third-order valence-corrected chi connectivity index (χ3v) is 3.34. The zero-order valence-electron chi connectivity index (χ0n) is 10.1. The molecule has 4 nitrogen and oxygen atoms in total. The summed E-state index contributed by atoms with van der Waals surface area (Å²) in [5.74, 6) is -0.173. The third-order valence-electron chi connectivity index (χ3n) is 2.59. The van der Waals surface area contributed by atoms with E-state index in [4.69, 9.17) is 17.3 Å². The van der Waals surface area contributed by atoms with Gasteiger partial charge in [-0.1, -0.05) is 23.7 Å². The Morgan fingerprint density at radius 3 is 2.89 bits per heavy atom. The number of hydrogen-bond acceptors (Lipinski definition) is 3. The third kappa shape index (κ3) is 3.05. The second kappa shape index (κ2) is 5.59. The number of nitrogen functional groups attached to an aromatic ring is 1. The fourth-order valence-corrected chi connectivity index (χ4v) is 2.20. The van der Waals surface area contributed by atoms with E-state index in [0.717, 1.165) is 5.56 Å². The number of halogens is 2. The summed E-state index contributed by atoms with van der Waals surface area (Å²) in [4.78, 5) is 16.1. The van der Waals surface area contributed by atoms with Gasteiger partial charge in [-0.15, -0.1) is 0 Å².